The highest BCUT2D eigenvalue weighted by Crippen LogP contribution is 2.23. The molecule has 0 heterocycles. The third-order valence-electron chi connectivity index (χ3n) is 2.87. The zero-order valence-corrected chi connectivity index (χ0v) is 12.4. The highest BCUT2D eigenvalue weighted by molar-refractivity contribution is 6.31. The SMILES string of the molecule is Nc1cc(Cl)ccc1C(=O)NCc1ccc(OC(F)(F)F)cc1. The minimum absolute atomic E-state index is 0.132. The number of nitrogen functional groups attached to an aromatic ring is 1. The van der Waals surface area contributed by atoms with E-state index in [2.05, 4.69) is 10.1 Å². The Bertz CT molecular complexity index is 703. The van der Waals surface area contributed by atoms with Crippen molar-refractivity contribution in [2.45, 2.75) is 12.9 Å². The molecule has 0 atom stereocenters. The number of carbonyl (C=O) groups excluding carboxylic acids is 1. The fourth-order valence-electron chi connectivity index (χ4n) is 1.83. The van der Waals surface area contributed by atoms with Crippen molar-refractivity contribution in [2.75, 3.05) is 5.73 Å². The second kappa shape index (κ2) is 6.78. The van der Waals surface area contributed by atoms with Crippen LogP contribution in [0.1, 0.15) is 15.9 Å². The van der Waals surface area contributed by atoms with Gasteiger partial charge in [0.15, 0.2) is 0 Å². The predicted octanol–water partition coefficient (Wildman–Crippen LogP) is 3.75. The van der Waals surface area contributed by atoms with Crippen molar-refractivity contribution in [3.8, 4) is 5.75 Å². The molecule has 122 valence electrons. The van der Waals surface area contributed by atoms with Crippen LogP contribution in [0.25, 0.3) is 0 Å². The van der Waals surface area contributed by atoms with Crippen LogP contribution in [0.4, 0.5) is 18.9 Å². The summed E-state index contributed by atoms with van der Waals surface area (Å²) in [7, 11) is 0. The molecule has 0 fully saturated rings. The van der Waals surface area contributed by atoms with E-state index in [9.17, 15) is 18.0 Å². The van der Waals surface area contributed by atoms with E-state index in [1.54, 1.807) is 0 Å². The van der Waals surface area contributed by atoms with Crippen LogP contribution in [-0.4, -0.2) is 12.3 Å². The average molecular weight is 345 g/mol. The lowest BCUT2D eigenvalue weighted by molar-refractivity contribution is -0.274. The molecular formula is C15H12ClF3N2O2. The highest BCUT2D eigenvalue weighted by Gasteiger charge is 2.30. The number of amides is 1. The topological polar surface area (TPSA) is 64.4 Å². The maximum Gasteiger partial charge on any atom is 0.573 e. The largest absolute Gasteiger partial charge is 0.573 e. The molecule has 3 N–H and O–H groups in total. The predicted molar refractivity (Wildman–Crippen MR) is 80.2 cm³/mol. The molecule has 0 unspecified atom stereocenters. The van der Waals surface area contributed by atoms with Crippen LogP contribution in [0, 0.1) is 0 Å². The monoisotopic (exact) mass is 344 g/mol. The van der Waals surface area contributed by atoms with E-state index in [0.717, 1.165) is 0 Å². The summed E-state index contributed by atoms with van der Waals surface area (Å²) < 4.78 is 39.9. The Labute approximate surface area is 135 Å². The van der Waals surface area contributed by atoms with Gasteiger partial charge in [-0.05, 0) is 35.9 Å². The smallest absolute Gasteiger partial charge is 0.406 e. The van der Waals surface area contributed by atoms with Gasteiger partial charge in [0, 0.05) is 17.3 Å². The Morgan fingerprint density at radius 2 is 1.83 bits per heavy atom. The van der Waals surface area contributed by atoms with E-state index in [1.807, 2.05) is 0 Å². The number of nitrogens with one attached hydrogen (secondary N) is 1. The molecule has 0 saturated heterocycles. The van der Waals surface area contributed by atoms with Crippen molar-refractivity contribution in [2.24, 2.45) is 0 Å². The molecule has 0 radical (unpaired) electrons. The van der Waals surface area contributed by atoms with Gasteiger partial charge in [0.05, 0.1) is 5.56 Å². The molecule has 23 heavy (non-hydrogen) atoms. The molecule has 0 aromatic heterocycles. The third-order valence-corrected chi connectivity index (χ3v) is 3.10. The number of hydrogen-bond acceptors (Lipinski definition) is 3. The van der Waals surface area contributed by atoms with Crippen molar-refractivity contribution in [3.63, 3.8) is 0 Å². The van der Waals surface area contributed by atoms with Gasteiger partial charge in [-0.25, -0.2) is 0 Å². The summed E-state index contributed by atoms with van der Waals surface area (Å²) in [5.74, 6) is -0.732. The van der Waals surface area contributed by atoms with E-state index in [-0.39, 0.29) is 23.5 Å². The Morgan fingerprint density at radius 1 is 1.17 bits per heavy atom. The summed E-state index contributed by atoms with van der Waals surface area (Å²) in [4.78, 5) is 12.0. The van der Waals surface area contributed by atoms with Gasteiger partial charge in [-0.15, -0.1) is 13.2 Å². The standard InChI is InChI=1S/C15H12ClF3N2O2/c16-10-3-6-12(13(20)7-10)14(22)21-8-9-1-4-11(5-2-9)23-15(17,18)19/h1-7H,8,20H2,(H,21,22). The summed E-state index contributed by atoms with van der Waals surface area (Å²) in [5.41, 5.74) is 6.82. The van der Waals surface area contributed by atoms with Gasteiger partial charge in [0.2, 0.25) is 0 Å². The van der Waals surface area contributed by atoms with Crippen molar-refractivity contribution in [1.29, 1.82) is 0 Å². The molecule has 2 aromatic carbocycles. The van der Waals surface area contributed by atoms with Crippen molar-refractivity contribution in [1.82, 2.24) is 5.32 Å². The lowest BCUT2D eigenvalue weighted by Gasteiger charge is -2.10. The van der Waals surface area contributed by atoms with Gasteiger partial charge in [-0.2, -0.15) is 0 Å². The minimum Gasteiger partial charge on any atom is -0.406 e. The summed E-state index contributed by atoms with van der Waals surface area (Å²) in [6.07, 6.45) is -4.73. The molecule has 0 bridgehead atoms. The first-order chi connectivity index (χ1) is 10.7. The number of halogens is 4. The van der Waals surface area contributed by atoms with Gasteiger partial charge in [0.25, 0.3) is 5.91 Å². The summed E-state index contributed by atoms with van der Waals surface area (Å²) in [6.45, 7) is 0.132. The van der Waals surface area contributed by atoms with Gasteiger partial charge in [0.1, 0.15) is 5.75 Å². The fraction of sp³-hybridized carbons (Fsp3) is 0.133. The first kappa shape index (κ1) is 17.0. The average Bonchev–Trinajstić information content (AvgIpc) is 2.44. The number of nitrogens with two attached hydrogens (primary N) is 1. The zero-order valence-electron chi connectivity index (χ0n) is 11.7. The van der Waals surface area contributed by atoms with Crippen LogP contribution in [0.2, 0.25) is 5.02 Å². The number of anilines is 1. The molecule has 0 saturated carbocycles. The molecule has 0 spiro atoms. The second-order valence-corrected chi connectivity index (χ2v) is 5.04. The summed E-state index contributed by atoms with van der Waals surface area (Å²) in [6, 6.07) is 9.68. The highest BCUT2D eigenvalue weighted by atomic mass is 35.5. The number of benzene rings is 2. The molecule has 8 heteroatoms. The van der Waals surface area contributed by atoms with Crippen LogP contribution < -0.4 is 15.8 Å². The molecule has 1 amide bonds. The quantitative estimate of drug-likeness (QED) is 0.830. The van der Waals surface area contributed by atoms with Crippen molar-refractivity contribution in [3.05, 3.63) is 58.6 Å². The van der Waals surface area contributed by atoms with Gasteiger partial charge < -0.3 is 15.8 Å². The number of ether oxygens (including phenoxy) is 1. The Hall–Kier alpha value is -2.41. The van der Waals surface area contributed by atoms with Crippen LogP contribution in [0.5, 0.6) is 5.75 Å². The second-order valence-electron chi connectivity index (χ2n) is 4.61. The van der Waals surface area contributed by atoms with Gasteiger partial charge >= 0.3 is 6.36 Å². The molecule has 0 aliphatic carbocycles. The first-order valence-corrected chi connectivity index (χ1v) is 6.80. The third kappa shape index (κ3) is 5.07. The van der Waals surface area contributed by atoms with Gasteiger partial charge in [-0.3, -0.25) is 4.79 Å². The molecule has 0 aliphatic rings. The van der Waals surface area contributed by atoms with E-state index in [0.29, 0.717) is 10.6 Å². The maximum atomic E-state index is 12.0. The van der Waals surface area contributed by atoms with Crippen molar-refractivity contribution < 1.29 is 22.7 Å². The molecule has 2 aromatic rings. The Balaban J connectivity index is 1.96. The number of alkyl halides is 3. The van der Waals surface area contributed by atoms with E-state index >= 15 is 0 Å². The Morgan fingerprint density at radius 3 is 2.39 bits per heavy atom. The molecule has 2 rings (SSSR count). The zero-order chi connectivity index (χ0) is 17.0. The van der Waals surface area contributed by atoms with E-state index in [1.165, 1.54) is 42.5 Å². The first-order valence-electron chi connectivity index (χ1n) is 6.42. The van der Waals surface area contributed by atoms with Gasteiger partial charge in [-0.1, -0.05) is 23.7 Å². The fourth-order valence-corrected chi connectivity index (χ4v) is 2.01. The van der Waals surface area contributed by atoms with E-state index in [4.69, 9.17) is 17.3 Å². The summed E-state index contributed by atoms with van der Waals surface area (Å²) >= 11 is 5.75. The molecule has 0 aliphatic heterocycles. The van der Waals surface area contributed by atoms with Crippen LogP contribution in [0.3, 0.4) is 0 Å². The molecular weight excluding hydrogens is 333 g/mol. The normalized spacial score (nSPS) is 11.1. The number of rotatable bonds is 4. The molecule has 4 nitrogen and oxygen atoms in total. The summed E-state index contributed by atoms with van der Waals surface area (Å²) in [5, 5.41) is 3.03. The Kier molecular flexibility index (Phi) is 5.00. The van der Waals surface area contributed by atoms with E-state index < -0.39 is 12.3 Å². The number of hydrogen-bond donors (Lipinski definition) is 2. The van der Waals surface area contributed by atoms with Crippen LogP contribution in [0.15, 0.2) is 42.5 Å². The lowest BCUT2D eigenvalue weighted by Crippen LogP contribution is -2.23. The van der Waals surface area contributed by atoms with Crippen LogP contribution in [-0.2, 0) is 6.54 Å². The minimum atomic E-state index is -4.73. The van der Waals surface area contributed by atoms with Crippen LogP contribution >= 0.6 is 11.6 Å². The number of carbonyl (C=O) groups is 1. The van der Waals surface area contributed by atoms with Crippen molar-refractivity contribution >= 4 is 23.2 Å². The lowest BCUT2D eigenvalue weighted by atomic mass is 10.1. The maximum absolute atomic E-state index is 12.0.